The van der Waals surface area contributed by atoms with Crippen LogP contribution in [0.4, 0.5) is 29.3 Å². The highest BCUT2D eigenvalue weighted by atomic mass is 19.4. The third kappa shape index (κ3) is 3.71. The number of morpholine rings is 1. The summed E-state index contributed by atoms with van der Waals surface area (Å²) in [7, 11) is 0. The first-order chi connectivity index (χ1) is 15.2. The average Bonchev–Trinajstić information content (AvgIpc) is 3.49. The first-order valence-electron chi connectivity index (χ1n) is 10.5. The van der Waals surface area contributed by atoms with E-state index >= 15 is 0 Å². The summed E-state index contributed by atoms with van der Waals surface area (Å²) in [4.78, 5) is 23.7. The minimum Gasteiger partial charge on any atom is -0.377 e. The maximum Gasteiger partial charge on any atom is 0.408 e. The van der Waals surface area contributed by atoms with Crippen LogP contribution in [0.3, 0.4) is 0 Å². The second-order valence-electron chi connectivity index (χ2n) is 8.42. The summed E-state index contributed by atoms with van der Waals surface area (Å²) in [6, 6.07) is -2.21. The SMILES string of the molecule is CC1COCCN1c1nc2n(c(=O)c1F)CCC(C(F)(F)F)N2Cc1noc(C2CC2)n1. The zero-order valence-electron chi connectivity index (χ0n) is 17.3. The van der Waals surface area contributed by atoms with Gasteiger partial charge in [0.2, 0.25) is 17.7 Å². The van der Waals surface area contributed by atoms with E-state index in [1.165, 1.54) is 0 Å². The first-order valence-corrected chi connectivity index (χ1v) is 10.5. The maximum absolute atomic E-state index is 15.0. The quantitative estimate of drug-likeness (QED) is 0.645. The number of hydrogen-bond donors (Lipinski definition) is 0. The van der Waals surface area contributed by atoms with Gasteiger partial charge in [-0.1, -0.05) is 5.16 Å². The van der Waals surface area contributed by atoms with Crippen molar-refractivity contribution >= 4 is 11.8 Å². The highest BCUT2D eigenvalue weighted by molar-refractivity contribution is 5.48. The zero-order valence-corrected chi connectivity index (χ0v) is 17.3. The van der Waals surface area contributed by atoms with Gasteiger partial charge in [0.05, 0.1) is 25.8 Å². The Morgan fingerprint density at radius 2 is 1.94 bits per heavy atom. The van der Waals surface area contributed by atoms with Gasteiger partial charge < -0.3 is 19.1 Å². The highest BCUT2D eigenvalue weighted by Gasteiger charge is 2.48. The molecule has 1 saturated heterocycles. The van der Waals surface area contributed by atoms with Crippen LogP contribution in [-0.4, -0.2) is 57.7 Å². The molecule has 0 spiro atoms. The summed E-state index contributed by atoms with van der Waals surface area (Å²) in [5.41, 5.74) is -0.999. The third-order valence-electron chi connectivity index (χ3n) is 6.08. The smallest absolute Gasteiger partial charge is 0.377 e. The van der Waals surface area contributed by atoms with Crippen LogP contribution in [-0.2, 0) is 17.8 Å². The van der Waals surface area contributed by atoms with Crippen LogP contribution in [0.15, 0.2) is 9.32 Å². The molecule has 32 heavy (non-hydrogen) atoms. The molecule has 2 aliphatic heterocycles. The molecule has 0 N–H and O–H groups in total. The van der Waals surface area contributed by atoms with Crippen molar-refractivity contribution in [1.82, 2.24) is 19.7 Å². The summed E-state index contributed by atoms with van der Waals surface area (Å²) >= 11 is 0. The molecular formula is C19H22F4N6O3. The number of aromatic nitrogens is 4. The van der Waals surface area contributed by atoms with E-state index in [9.17, 15) is 22.4 Å². The highest BCUT2D eigenvalue weighted by Crippen LogP contribution is 2.39. The Morgan fingerprint density at radius 1 is 1.16 bits per heavy atom. The lowest BCUT2D eigenvalue weighted by atomic mass is 10.1. The van der Waals surface area contributed by atoms with Crippen LogP contribution in [0.25, 0.3) is 0 Å². The molecule has 174 valence electrons. The Bertz CT molecular complexity index is 1070. The van der Waals surface area contributed by atoms with Crippen molar-refractivity contribution in [2.45, 2.75) is 63.5 Å². The van der Waals surface area contributed by atoms with Gasteiger partial charge in [0, 0.05) is 19.0 Å². The van der Waals surface area contributed by atoms with E-state index in [4.69, 9.17) is 9.26 Å². The molecule has 2 aromatic heterocycles. The lowest BCUT2D eigenvalue weighted by Gasteiger charge is -2.40. The van der Waals surface area contributed by atoms with Gasteiger partial charge >= 0.3 is 6.18 Å². The Morgan fingerprint density at radius 3 is 2.62 bits per heavy atom. The fourth-order valence-electron chi connectivity index (χ4n) is 4.21. The topological polar surface area (TPSA) is 89.5 Å². The number of halogens is 4. The normalized spacial score (nSPS) is 24.0. The van der Waals surface area contributed by atoms with Gasteiger partial charge in [-0.25, -0.2) is 0 Å². The van der Waals surface area contributed by atoms with Crippen LogP contribution < -0.4 is 15.4 Å². The van der Waals surface area contributed by atoms with Crippen LogP contribution in [0.1, 0.15) is 43.8 Å². The van der Waals surface area contributed by atoms with Crippen LogP contribution in [0.2, 0.25) is 0 Å². The van der Waals surface area contributed by atoms with E-state index in [1.807, 2.05) is 0 Å². The first kappa shape index (κ1) is 21.2. The summed E-state index contributed by atoms with van der Waals surface area (Å²) in [5, 5.41) is 3.81. The Hall–Kier alpha value is -2.70. The van der Waals surface area contributed by atoms with Gasteiger partial charge in [-0.15, -0.1) is 0 Å². The molecule has 1 aliphatic carbocycles. The minimum absolute atomic E-state index is 0.0643. The standard InChI is InChI=1S/C19H22F4N6O3/c1-10-9-31-7-6-27(10)15-14(20)17(30)28-5-4-12(19(21,22)23)29(18(28)25-15)8-13-24-16(32-26-13)11-2-3-11/h10-12H,2-9H2,1H3. The third-order valence-corrected chi connectivity index (χ3v) is 6.08. The van der Waals surface area contributed by atoms with E-state index in [0.717, 1.165) is 22.3 Å². The number of alkyl halides is 3. The molecule has 4 heterocycles. The monoisotopic (exact) mass is 458 g/mol. The Labute approximate surface area is 180 Å². The van der Waals surface area contributed by atoms with E-state index in [1.54, 1.807) is 11.8 Å². The Kier molecular flexibility index (Phi) is 5.10. The van der Waals surface area contributed by atoms with Gasteiger partial charge in [-0.2, -0.15) is 27.5 Å². The second kappa shape index (κ2) is 7.71. The molecular weight excluding hydrogens is 436 g/mol. The van der Waals surface area contributed by atoms with E-state index < -0.39 is 30.0 Å². The largest absolute Gasteiger partial charge is 0.408 e. The maximum atomic E-state index is 15.0. The molecule has 0 aromatic carbocycles. The lowest BCUT2D eigenvalue weighted by molar-refractivity contribution is -0.153. The number of ether oxygens (including phenoxy) is 1. The van der Waals surface area contributed by atoms with Crippen LogP contribution >= 0.6 is 0 Å². The van der Waals surface area contributed by atoms with Gasteiger partial charge in [-0.05, 0) is 26.2 Å². The van der Waals surface area contributed by atoms with Gasteiger partial charge in [0.15, 0.2) is 11.6 Å². The van der Waals surface area contributed by atoms with Crippen molar-refractivity contribution in [2.75, 3.05) is 29.6 Å². The number of anilines is 2. The van der Waals surface area contributed by atoms with Gasteiger partial charge in [0.25, 0.3) is 5.56 Å². The van der Waals surface area contributed by atoms with Crippen molar-refractivity contribution in [2.24, 2.45) is 0 Å². The molecule has 13 heteroatoms. The predicted octanol–water partition coefficient (Wildman–Crippen LogP) is 2.21. The predicted molar refractivity (Wildman–Crippen MR) is 103 cm³/mol. The summed E-state index contributed by atoms with van der Waals surface area (Å²) in [5.74, 6) is -0.994. The van der Waals surface area contributed by atoms with E-state index in [2.05, 4.69) is 15.1 Å². The Balaban J connectivity index is 1.57. The molecule has 9 nitrogen and oxygen atoms in total. The lowest BCUT2D eigenvalue weighted by Crippen LogP contribution is -2.53. The molecule has 0 radical (unpaired) electrons. The molecule has 0 amide bonds. The van der Waals surface area contributed by atoms with Gasteiger partial charge in [-0.3, -0.25) is 9.36 Å². The average molecular weight is 458 g/mol. The summed E-state index contributed by atoms with van der Waals surface area (Å²) < 4.78 is 68.2. The molecule has 3 aliphatic rings. The fraction of sp³-hybridized carbons (Fsp3) is 0.684. The number of hydrogen-bond acceptors (Lipinski definition) is 8. The van der Waals surface area contributed by atoms with Crippen molar-refractivity contribution in [1.29, 1.82) is 0 Å². The van der Waals surface area contributed by atoms with Crippen LogP contribution in [0, 0.1) is 5.82 Å². The van der Waals surface area contributed by atoms with E-state index in [0.29, 0.717) is 19.1 Å². The molecule has 2 fully saturated rings. The van der Waals surface area contributed by atoms with Crippen molar-refractivity contribution in [3.63, 3.8) is 0 Å². The molecule has 2 atom stereocenters. The summed E-state index contributed by atoms with van der Waals surface area (Å²) in [6.45, 7) is 1.97. The number of fused-ring (bicyclic) bond motifs is 1. The van der Waals surface area contributed by atoms with Crippen LogP contribution in [0.5, 0.6) is 0 Å². The molecule has 0 bridgehead atoms. The van der Waals surface area contributed by atoms with Gasteiger partial charge in [0.1, 0.15) is 6.04 Å². The molecule has 2 aromatic rings. The number of nitrogens with zero attached hydrogens (tertiary/aromatic N) is 6. The molecule has 2 unspecified atom stereocenters. The molecule has 5 rings (SSSR count). The molecule has 1 saturated carbocycles. The summed E-state index contributed by atoms with van der Waals surface area (Å²) in [6.07, 6.45) is -3.21. The minimum atomic E-state index is -4.59. The zero-order chi connectivity index (χ0) is 22.6. The second-order valence-corrected chi connectivity index (χ2v) is 8.42. The fourth-order valence-corrected chi connectivity index (χ4v) is 4.21. The van der Waals surface area contributed by atoms with Crippen molar-refractivity contribution in [3.05, 3.63) is 27.9 Å². The number of rotatable bonds is 4. The van der Waals surface area contributed by atoms with E-state index in [-0.39, 0.29) is 49.2 Å². The van der Waals surface area contributed by atoms with Crippen molar-refractivity contribution < 1.29 is 26.8 Å². The van der Waals surface area contributed by atoms with Crippen molar-refractivity contribution in [3.8, 4) is 0 Å².